The zero-order valence-electron chi connectivity index (χ0n) is 15.8. The third-order valence-corrected chi connectivity index (χ3v) is 5.80. The number of hydrogen-bond acceptors (Lipinski definition) is 6. The van der Waals surface area contributed by atoms with Gasteiger partial charge >= 0.3 is 0 Å². The van der Waals surface area contributed by atoms with Crippen molar-refractivity contribution in [1.82, 2.24) is 15.4 Å². The Kier molecular flexibility index (Phi) is 5.85. The van der Waals surface area contributed by atoms with Crippen molar-refractivity contribution < 1.29 is 14.1 Å². The molecule has 0 radical (unpaired) electrons. The van der Waals surface area contributed by atoms with Gasteiger partial charge in [-0.2, -0.15) is 0 Å². The van der Waals surface area contributed by atoms with Crippen LogP contribution in [0.15, 0.2) is 52.4 Å². The van der Waals surface area contributed by atoms with E-state index in [-0.39, 0.29) is 11.9 Å². The van der Waals surface area contributed by atoms with Gasteiger partial charge in [0.2, 0.25) is 0 Å². The lowest BCUT2D eigenvalue weighted by molar-refractivity contribution is 0.0162. The van der Waals surface area contributed by atoms with Gasteiger partial charge in [-0.15, -0.1) is 11.3 Å². The van der Waals surface area contributed by atoms with E-state index in [9.17, 15) is 4.79 Å². The first-order valence-corrected chi connectivity index (χ1v) is 10.3. The Morgan fingerprint density at radius 2 is 2.04 bits per heavy atom. The molecule has 1 fully saturated rings. The number of aryl methyl sites for hydroxylation is 1. The molecule has 28 heavy (non-hydrogen) atoms. The third kappa shape index (κ3) is 4.32. The van der Waals surface area contributed by atoms with Crippen LogP contribution in [0.4, 0.5) is 0 Å². The smallest absolute Gasteiger partial charge is 0.273 e. The number of aromatic nitrogens is 1. The number of nitrogens with one attached hydrogen (secondary N) is 1. The van der Waals surface area contributed by atoms with Crippen molar-refractivity contribution in [3.8, 4) is 10.6 Å². The highest BCUT2D eigenvalue weighted by Gasteiger charge is 2.24. The molecule has 0 spiro atoms. The van der Waals surface area contributed by atoms with Crippen LogP contribution in [0, 0.1) is 6.92 Å². The molecular formula is C21H23N3O3S. The van der Waals surface area contributed by atoms with Crippen LogP contribution in [0.3, 0.4) is 0 Å². The topological polar surface area (TPSA) is 67.6 Å². The van der Waals surface area contributed by atoms with Crippen molar-refractivity contribution in [1.29, 1.82) is 0 Å². The minimum Gasteiger partial charge on any atom is -0.379 e. The number of thiophene rings is 1. The van der Waals surface area contributed by atoms with Gasteiger partial charge in [0.05, 0.1) is 24.1 Å². The summed E-state index contributed by atoms with van der Waals surface area (Å²) in [4.78, 5) is 15.9. The van der Waals surface area contributed by atoms with Gasteiger partial charge in [0.15, 0.2) is 11.5 Å². The van der Waals surface area contributed by atoms with Crippen LogP contribution in [-0.4, -0.2) is 48.8 Å². The number of ether oxygens (including phenoxy) is 1. The minimum atomic E-state index is -0.225. The molecule has 1 saturated heterocycles. The zero-order valence-corrected chi connectivity index (χ0v) is 16.6. The molecule has 7 heteroatoms. The number of carbonyl (C=O) groups is 1. The summed E-state index contributed by atoms with van der Waals surface area (Å²) in [6.45, 7) is 5.70. The summed E-state index contributed by atoms with van der Waals surface area (Å²) in [6.07, 6.45) is 0. The highest BCUT2D eigenvalue weighted by Crippen LogP contribution is 2.25. The van der Waals surface area contributed by atoms with Crippen LogP contribution < -0.4 is 5.32 Å². The first kappa shape index (κ1) is 18.9. The lowest BCUT2D eigenvalue weighted by atomic mass is 10.0. The average molecular weight is 398 g/mol. The molecule has 1 atom stereocenters. The molecule has 1 aliphatic rings. The molecule has 3 heterocycles. The summed E-state index contributed by atoms with van der Waals surface area (Å²) in [5.41, 5.74) is 2.71. The van der Waals surface area contributed by atoms with E-state index >= 15 is 0 Å². The van der Waals surface area contributed by atoms with Gasteiger partial charge in [0.25, 0.3) is 5.91 Å². The number of rotatable bonds is 6. The number of nitrogens with zero attached hydrogens (tertiary/aromatic N) is 2. The van der Waals surface area contributed by atoms with Crippen LogP contribution in [0.1, 0.15) is 27.7 Å². The first-order valence-electron chi connectivity index (χ1n) is 9.38. The van der Waals surface area contributed by atoms with Crippen molar-refractivity contribution in [2.45, 2.75) is 13.0 Å². The largest absolute Gasteiger partial charge is 0.379 e. The molecule has 0 unspecified atom stereocenters. The fourth-order valence-corrected chi connectivity index (χ4v) is 4.01. The molecule has 0 saturated carbocycles. The third-order valence-electron chi connectivity index (χ3n) is 4.91. The van der Waals surface area contributed by atoms with Gasteiger partial charge in [-0.1, -0.05) is 41.1 Å². The summed E-state index contributed by atoms with van der Waals surface area (Å²) < 4.78 is 10.8. The lowest BCUT2D eigenvalue weighted by Gasteiger charge is -2.35. The standard InChI is InChI=1S/C21H23N3O3S/c1-15-4-6-16(7-5-15)18(24-8-10-26-11-9-24)14-22-21(25)17-13-19(27-23-17)20-3-2-12-28-20/h2-7,12-13,18H,8-11,14H2,1H3,(H,22,25)/t18-/m0/s1. The van der Waals surface area contributed by atoms with Gasteiger partial charge in [-0.3, -0.25) is 9.69 Å². The Balaban J connectivity index is 1.46. The predicted molar refractivity (Wildman–Crippen MR) is 108 cm³/mol. The van der Waals surface area contributed by atoms with Crippen molar-refractivity contribution in [2.75, 3.05) is 32.8 Å². The van der Waals surface area contributed by atoms with Crippen molar-refractivity contribution >= 4 is 17.2 Å². The summed E-state index contributed by atoms with van der Waals surface area (Å²) in [6, 6.07) is 14.1. The van der Waals surface area contributed by atoms with E-state index < -0.39 is 0 Å². The Morgan fingerprint density at radius 1 is 1.25 bits per heavy atom. The maximum atomic E-state index is 12.6. The molecule has 1 N–H and O–H groups in total. The van der Waals surface area contributed by atoms with E-state index in [4.69, 9.17) is 9.26 Å². The molecule has 1 aliphatic heterocycles. The van der Waals surface area contributed by atoms with Crippen molar-refractivity contribution in [2.24, 2.45) is 0 Å². The quantitative estimate of drug-likeness (QED) is 0.689. The van der Waals surface area contributed by atoms with Crippen LogP contribution in [0.2, 0.25) is 0 Å². The Labute approximate surface area is 168 Å². The van der Waals surface area contributed by atoms with Crippen LogP contribution in [-0.2, 0) is 4.74 Å². The van der Waals surface area contributed by atoms with Gasteiger partial charge in [0.1, 0.15) is 0 Å². The maximum Gasteiger partial charge on any atom is 0.273 e. The Hall–Kier alpha value is -2.48. The summed E-state index contributed by atoms with van der Waals surface area (Å²) >= 11 is 1.55. The average Bonchev–Trinajstić information content (AvgIpc) is 3.42. The monoisotopic (exact) mass is 397 g/mol. The number of benzene rings is 1. The minimum absolute atomic E-state index is 0.0946. The van der Waals surface area contributed by atoms with Crippen LogP contribution in [0.5, 0.6) is 0 Å². The van der Waals surface area contributed by atoms with E-state index in [2.05, 4.69) is 46.6 Å². The fraction of sp³-hybridized carbons (Fsp3) is 0.333. The molecule has 6 nitrogen and oxygen atoms in total. The molecule has 0 aliphatic carbocycles. The van der Waals surface area contributed by atoms with Crippen LogP contribution >= 0.6 is 11.3 Å². The summed E-state index contributed by atoms with van der Waals surface area (Å²) in [5.74, 6) is 0.389. The summed E-state index contributed by atoms with van der Waals surface area (Å²) in [7, 11) is 0. The number of carbonyl (C=O) groups excluding carboxylic acids is 1. The second-order valence-corrected chi connectivity index (χ2v) is 7.79. The molecule has 1 aromatic carbocycles. The first-order chi connectivity index (χ1) is 13.7. The number of morpholine rings is 1. The lowest BCUT2D eigenvalue weighted by Crippen LogP contribution is -2.43. The van der Waals surface area contributed by atoms with Gasteiger partial charge in [0, 0.05) is 25.7 Å². The molecular weight excluding hydrogens is 374 g/mol. The fourth-order valence-electron chi connectivity index (χ4n) is 3.33. The van der Waals surface area contributed by atoms with E-state index in [0.717, 1.165) is 18.0 Å². The van der Waals surface area contributed by atoms with Crippen molar-refractivity contribution in [3.05, 3.63) is 64.7 Å². The van der Waals surface area contributed by atoms with E-state index in [0.29, 0.717) is 31.2 Å². The molecule has 146 valence electrons. The molecule has 3 aromatic rings. The second kappa shape index (κ2) is 8.68. The number of amides is 1. The maximum absolute atomic E-state index is 12.6. The van der Waals surface area contributed by atoms with Gasteiger partial charge in [-0.05, 0) is 23.9 Å². The van der Waals surface area contributed by atoms with E-state index in [1.54, 1.807) is 17.4 Å². The SMILES string of the molecule is Cc1ccc([C@H](CNC(=O)c2cc(-c3cccs3)on2)N2CCOCC2)cc1. The van der Waals surface area contributed by atoms with Gasteiger partial charge < -0.3 is 14.6 Å². The number of hydrogen-bond donors (Lipinski definition) is 1. The zero-order chi connectivity index (χ0) is 19.3. The highest BCUT2D eigenvalue weighted by atomic mass is 32.1. The summed E-state index contributed by atoms with van der Waals surface area (Å²) in [5, 5.41) is 8.92. The molecule has 0 bridgehead atoms. The Morgan fingerprint density at radius 3 is 2.75 bits per heavy atom. The van der Waals surface area contributed by atoms with Crippen molar-refractivity contribution in [3.63, 3.8) is 0 Å². The van der Waals surface area contributed by atoms with Crippen LogP contribution in [0.25, 0.3) is 10.6 Å². The molecule has 4 rings (SSSR count). The Bertz CT molecular complexity index is 899. The predicted octanol–water partition coefficient (Wildman–Crippen LogP) is 3.51. The second-order valence-electron chi connectivity index (χ2n) is 6.84. The molecule has 1 amide bonds. The van der Waals surface area contributed by atoms with Gasteiger partial charge in [-0.25, -0.2) is 0 Å². The molecule has 2 aromatic heterocycles. The van der Waals surface area contributed by atoms with E-state index in [1.807, 2.05) is 17.5 Å². The van der Waals surface area contributed by atoms with E-state index in [1.165, 1.54) is 11.1 Å². The highest BCUT2D eigenvalue weighted by molar-refractivity contribution is 7.13. The normalized spacial score (nSPS) is 16.0.